The van der Waals surface area contributed by atoms with Gasteiger partial charge >= 0.3 is 0 Å². The van der Waals surface area contributed by atoms with Crippen LogP contribution in [0.1, 0.15) is 47.6 Å². The van der Waals surface area contributed by atoms with Crippen molar-refractivity contribution >= 4 is 11.6 Å². The first-order valence-electron chi connectivity index (χ1n) is 5.59. The van der Waals surface area contributed by atoms with Crippen LogP contribution in [0, 0.1) is 13.8 Å². The van der Waals surface area contributed by atoms with Crippen LogP contribution in [0.4, 0.5) is 0 Å². The predicted molar refractivity (Wildman–Crippen MR) is 61.6 cm³/mol. The molecule has 1 aliphatic carbocycles. The van der Waals surface area contributed by atoms with Crippen molar-refractivity contribution in [3.8, 4) is 0 Å². The Morgan fingerprint density at radius 1 is 1.38 bits per heavy atom. The highest BCUT2D eigenvalue weighted by atomic mass is 16.3. The molecule has 1 saturated carbocycles. The molecule has 0 aromatic carbocycles. The van der Waals surface area contributed by atoms with Crippen LogP contribution in [0.5, 0.6) is 0 Å². The van der Waals surface area contributed by atoms with E-state index in [4.69, 9.17) is 4.42 Å². The molecule has 86 valence electrons. The van der Waals surface area contributed by atoms with E-state index in [0.29, 0.717) is 11.3 Å². The zero-order valence-corrected chi connectivity index (χ0v) is 9.67. The van der Waals surface area contributed by atoms with Crippen LogP contribution in [0.15, 0.2) is 15.6 Å². The third kappa shape index (κ3) is 2.32. The van der Waals surface area contributed by atoms with E-state index >= 15 is 0 Å². The Kier molecular flexibility index (Phi) is 3.08. The normalized spacial score (nSPS) is 15.2. The van der Waals surface area contributed by atoms with Gasteiger partial charge in [0.05, 0.1) is 5.56 Å². The average Bonchev–Trinajstić information content (AvgIpc) is 2.84. The highest BCUT2D eigenvalue weighted by Gasteiger charge is 2.14. The number of nitrogens with one attached hydrogen (secondary N) is 1. The summed E-state index contributed by atoms with van der Waals surface area (Å²) in [5, 5.41) is 4.13. The molecule has 2 rings (SSSR count). The lowest BCUT2D eigenvalue weighted by Crippen LogP contribution is -2.19. The molecule has 1 aromatic heterocycles. The van der Waals surface area contributed by atoms with Crippen LogP contribution in [0.25, 0.3) is 0 Å². The minimum Gasteiger partial charge on any atom is -0.466 e. The van der Waals surface area contributed by atoms with Crippen LogP contribution in [-0.4, -0.2) is 11.6 Å². The second-order valence-corrected chi connectivity index (χ2v) is 4.15. The minimum absolute atomic E-state index is 0.186. The molecule has 0 radical (unpaired) electrons. The molecule has 0 bridgehead atoms. The lowest BCUT2D eigenvalue weighted by atomic mass is 10.2. The molecule has 0 saturated heterocycles. The van der Waals surface area contributed by atoms with Crippen molar-refractivity contribution in [1.29, 1.82) is 0 Å². The van der Waals surface area contributed by atoms with E-state index in [1.54, 1.807) is 13.0 Å². The Labute approximate surface area is 94.7 Å². The van der Waals surface area contributed by atoms with Gasteiger partial charge in [-0.3, -0.25) is 4.79 Å². The molecular formula is C12H16N2O2. The molecule has 1 heterocycles. The van der Waals surface area contributed by atoms with E-state index in [1.165, 1.54) is 12.8 Å². The van der Waals surface area contributed by atoms with E-state index in [-0.39, 0.29) is 5.91 Å². The highest BCUT2D eigenvalue weighted by molar-refractivity contribution is 5.96. The SMILES string of the molecule is Cc1cc(C(=O)NN=C2CCCC2)c(C)o1. The molecule has 0 aliphatic heterocycles. The van der Waals surface area contributed by atoms with E-state index in [1.807, 2.05) is 6.92 Å². The van der Waals surface area contributed by atoms with Gasteiger partial charge in [-0.2, -0.15) is 5.10 Å². The van der Waals surface area contributed by atoms with Crippen LogP contribution in [0.2, 0.25) is 0 Å². The maximum Gasteiger partial charge on any atom is 0.274 e. The molecule has 0 atom stereocenters. The van der Waals surface area contributed by atoms with Gasteiger partial charge in [0.1, 0.15) is 11.5 Å². The average molecular weight is 220 g/mol. The van der Waals surface area contributed by atoms with Crippen molar-refractivity contribution in [3.63, 3.8) is 0 Å². The zero-order chi connectivity index (χ0) is 11.5. The number of hydrogen-bond acceptors (Lipinski definition) is 3. The third-order valence-corrected chi connectivity index (χ3v) is 2.78. The van der Waals surface area contributed by atoms with Gasteiger partial charge in [0.2, 0.25) is 0 Å². The van der Waals surface area contributed by atoms with Gasteiger partial charge in [-0.1, -0.05) is 0 Å². The molecule has 16 heavy (non-hydrogen) atoms. The Bertz CT molecular complexity index is 424. The summed E-state index contributed by atoms with van der Waals surface area (Å²) in [6, 6.07) is 1.74. The Balaban J connectivity index is 2.03. The molecule has 0 unspecified atom stereocenters. The smallest absolute Gasteiger partial charge is 0.274 e. The number of hydrogen-bond donors (Lipinski definition) is 1. The molecule has 1 N–H and O–H groups in total. The quantitative estimate of drug-likeness (QED) is 0.779. The maximum absolute atomic E-state index is 11.8. The van der Waals surface area contributed by atoms with Gasteiger partial charge in [0.15, 0.2) is 0 Å². The number of carbonyl (C=O) groups excluding carboxylic acids is 1. The van der Waals surface area contributed by atoms with Gasteiger partial charge < -0.3 is 4.42 Å². The lowest BCUT2D eigenvalue weighted by molar-refractivity contribution is 0.0953. The zero-order valence-electron chi connectivity index (χ0n) is 9.67. The van der Waals surface area contributed by atoms with Crippen molar-refractivity contribution in [2.45, 2.75) is 39.5 Å². The monoisotopic (exact) mass is 220 g/mol. The standard InChI is InChI=1S/C12H16N2O2/c1-8-7-11(9(2)16-8)12(15)14-13-10-5-3-4-6-10/h7H,3-6H2,1-2H3,(H,14,15). The van der Waals surface area contributed by atoms with Crippen LogP contribution in [0.3, 0.4) is 0 Å². The number of carbonyl (C=O) groups is 1. The highest BCUT2D eigenvalue weighted by Crippen LogP contribution is 2.15. The summed E-state index contributed by atoms with van der Waals surface area (Å²) in [7, 11) is 0. The number of rotatable bonds is 2. The second kappa shape index (κ2) is 4.51. The van der Waals surface area contributed by atoms with E-state index in [0.717, 1.165) is 24.3 Å². The Morgan fingerprint density at radius 2 is 2.06 bits per heavy atom. The Hall–Kier alpha value is -1.58. The van der Waals surface area contributed by atoms with Crippen LogP contribution < -0.4 is 5.43 Å². The lowest BCUT2D eigenvalue weighted by Gasteiger charge is -1.99. The van der Waals surface area contributed by atoms with Crippen LogP contribution >= 0.6 is 0 Å². The van der Waals surface area contributed by atoms with E-state index in [9.17, 15) is 4.79 Å². The van der Waals surface area contributed by atoms with Crippen molar-refractivity contribution in [2.75, 3.05) is 0 Å². The maximum atomic E-state index is 11.8. The van der Waals surface area contributed by atoms with Gasteiger partial charge in [-0.15, -0.1) is 0 Å². The fourth-order valence-corrected chi connectivity index (χ4v) is 1.94. The third-order valence-electron chi connectivity index (χ3n) is 2.78. The molecule has 4 nitrogen and oxygen atoms in total. The first-order chi connectivity index (χ1) is 7.66. The van der Waals surface area contributed by atoms with Gasteiger partial charge in [-0.25, -0.2) is 5.43 Å². The van der Waals surface area contributed by atoms with Crippen LogP contribution in [-0.2, 0) is 0 Å². The fraction of sp³-hybridized carbons (Fsp3) is 0.500. The number of furan rings is 1. The number of nitrogens with zero attached hydrogens (tertiary/aromatic N) is 1. The molecule has 1 amide bonds. The summed E-state index contributed by atoms with van der Waals surface area (Å²) in [5.74, 6) is 1.20. The summed E-state index contributed by atoms with van der Waals surface area (Å²) >= 11 is 0. The van der Waals surface area contributed by atoms with E-state index in [2.05, 4.69) is 10.5 Å². The molecule has 1 aromatic rings. The fourth-order valence-electron chi connectivity index (χ4n) is 1.94. The van der Waals surface area contributed by atoms with Crippen molar-refractivity contribution < 1.29 is 9.21 Å². The van der Waals surface area contributed by atoms with Gasteiger partial charge in [0.25, 0.3) is 5.91 Å². The van der Waals surface area contributed by atoms with E-state index < -0.39 is 0 Å². The molecular weight excluding hydrogens is 204 g/mol. The van der Waals surface area contributed by atoms with Gasteiger partial charge in [-0.05, 0) is 45.6 Å². The summed E-state index contributed by atoms with van der Waals surface area (Å²) in [6.07, 6.45) is 4.37. The summed E-state index contributed by atoms with van der Waals surface area (Å²) in [6.45, 7) is 3.61. The molecule has 0 spiro atoms. The Morgan fingerprint density at radius 3 is 2.62 bits per heavy atom. The first-order valence-corrected chi connectivity index (χ1v) is 5.59. The topological polar surface area (TPSA) is 54.6 Å². The molecule has 1 aliphatic rings. The second-order valence-electron chi connectivity index (χ2n) is 4.15. The summed E-state index contributed by atoms with van der Waals surface area (Å²) < 4.78 is 5.30. The molecule has 1 fully saturated rings. The molecule has 4 heteroatoms. The number of amides is 1. The van der Waals surface area contributed by atoms with Crippen molar-refractivity contribution in [2.24, 2.45) is 5.10 Å². The number of aryl methyl sites for hydroxylation is 2. The van der Waals surface area contributed by atoms with Crippen molar-refractivity contribution in [1.82, 2.24) is 5.43 Å². The number of hydrazone groups is 1. The first kappa shape index (κ1) is 10.9. The minimum atomic E-state index is -0.186. The summed E-state index contributed by atoms with van der Waals surface area (Å²) in [5.41, 5.74) is 4.24. The van der Waals surface area contributed by atoms with Crippen molar-refractivity contribution in [3.05, 3.63) is 23.2 Å². The summed E-state index contributed by atoms with van der Waals surface area (Å²) in [4.78, 5) is 11.8. The van der Waals surface area contributed by atoms with Gasteiger partial charge in [0, 0.05) is 5.71 Å². The largest absolute Gasteiger partial charge is 0.466 e. The predicted octanol–water partition coefficient (Wildman–Crippen LogP) is 2.56.